The van der Waals surface area contributed by atoms with Gasteiger partial charge in [-0.2, -0.15) is 0 Å². The first-order chi connectivity index (χ1) is 28.7. The molecule has 2 unspecified atom stereocenters. The van der Waals surface area contributed by atoms with Crippen LogP contribution >= 0.6 is 0 Å². The fourth-order valence-electron chi connectivity index (χ4n) is 9.30. The molecule has 2 nitrogen and oxygen atoms in total. The van der Waals surface area contributed by atoms with Crippen molar-refractivity contribution in [2.45, 2.75) is 18.8 Å². The Morgan fingerprint density at radius 1 is 0.431 bits per heavy atom. The smallest absolute Gasteiger partial charge is 0.160 e. The Morgan fingerprint density at radius 3 is 1.90 bits per heavy atom. The van der Waals surface area contributed by atoms with Gasteiger partial charge in [-0.15, -0.1) is 0 Å². The lowest BCUT2D eigenvalue weighted by atomic mass is 9.76. The molecule has 7 aromatic carbocycles. The summed E-state index contributed by atoms with van der Waals surface area (Å²) in [7, 11) is 0. The maximum atomic E-state index is 5.10. The molecule has 0 bridgehead atoms. The summed E-state index contributed by atoms with van der Waals surface area (Å²) >= 11 is 0. The van der Waals surface area contributed by atoms with Crippen molar-refractivity contribution < 1.29 is 0 Å². The van der Waals surface area contributed by atoms with E-state index in [2.05, 4.69) is 182 Å². The highest BCUT2D eigenvalue weighted by Gasteiger charge is 2.26. The minimum atomic E-state index is 0.272. The molecule has 0 amide bonds. The summed E-state index contributed by atoms with van der Waals surface area (Å²) in [5, 5.41) is 5.33. The van der Waals surface area contributed by atoms with Crippen molar-refractivity contribution in [2.24, 2.45) is 5.92 Å². The molecule has 0 spiro atoms. The SMILES string of the molecule is C1=CC2=CC=C(c3c4ccccc4c(C4C=Cc5ccccc5C4)c4ccc(-c5ccc(-c6cc(-c7ccccc7)nc(-c7ccccc7)n6)cc5)cc34)CC2C=C1. The maximum absolute atomic E-state index is 5.10. The van der Waals surface area contributed by atoms with E-state index in [0.717, 1.165) is 46.7 Å². The quantitative estimate of drug-likeness (QED) is 0.159. The minimum absolute atomic E-state index is 0.272. The second kappa shape index (κ2) is 14.4. The van der Waals surface area contributed by atoms with Crippen LogP contribution in [0, 0.1) is 5.92 Å². The monoisotopic (exact) mass is 740 g/mol. The van der Waals surface area contributed by atoms with Gasteiger partial charge in [0, 0.05) is 28.5 Å². The van der Waals surface area contributed by atoms with Gasteiger partial charge >= 0.3 is 0 Å². The summed E-state index contributed by atoms with van der Waals surface area (Å²) < 4.78 is 0. The van der Waals surface area contributed by atoms with Crippen LogP contribution in [-0.2, 0) is 6.42 Å². The summed E-state index contributed by atoms with van der Waals surface area (Å²) in [5.41, 5.74) is 15.6. The summed E-state index contributed by atoms with van der Waals surface area (Å²) in [6, 6.07) is 56.8. The van der Waals surface area contributed by atoms with Crippen LogP contribution in [0.1, 0.15) is 34.6 Å². The summed E-state index contributed by atoms with van der Waals surface area (Å²) in [6.45, 7) is 0. The van der Waals surface area contributed by atoms with Crippen LogP contribution in [0.15, 0.2) is 206 Å². The van der Waals surface area contributed by atoms with E-state index in [4.69, 9.17) is 9.97 Å². The van der Waals surface area contributed by atoms with Gasteiger partial charge in [-0.1, -0.05) is 194 Å². The molecule has 0 radical (unpaired) electrons. The third-order valence-corrected chi connectivity index (χ3v) is 12.2. The summed E-state index contributed by atoms with van der Waals surface area (Å²) in [6.07, 6.45) is 20.4. The molecule has 11 rings (SSSR count). The first kappa shape index (κ1) is 34.1. The normalized spacial score (nSPS) is 16.8. The molecule has 0 saturated heterocycles. The Bertz CT molecular complexity index is 2980. The molecule has 0 saturated carbocycles. The van der Waals surface area contributed by atoms with E-state index < -0.39 is 0 Å². The zero-order valence-corrected chi connectivity index (χ0v) is 32.1. The van der Waals surface area contributed by atoms with Crippen molar-refractivity contribution in [1.82, 2.24) is 9.97 Å². The lowest BCUT2D eigenvalue weighted by molar-refractivity contribution is 0.794. The van der Waals surface area contributed by atoms with Crippen molar-refractivity contribution in [3.63, 3.8) is 0 Å². The van der Waals surface area contributed by atoms with Gasteiger partial charge in [0.15, 0.2) is 5.82 Å². The zero-order chi connectivity index (χ0) is 38.4. The molecule has 1 aromatic heterocycles. The third kappa shape index (κ3) is 6.15. The third-order valence-electron chi connectivity index (χ3n) is 12.2. The number of nitrogens with zero attached hydrogens (tertiary/aromatic N) is 2. The molecule has 2 heteroatoms. The van der Waals surface area contributed by atoms with Crippen LogP contribution in [0.2, 0.25) is 0 Å². The van der Waals surface area contributed by atoms with E-state index in [0.29, 0.717) is 5.92 Å². The molecular formula is C56H40N2. The predicted molar refractivity (Wildman–Crippen MR) is 243 cm³/mol. The molecule has 0 N–H and O–H groups in total. The zero-order valence-electron chi connectivity index (χ0n) is 32.1. The van der Waals surface area contributed by atoms with Crippen LogP contribution in [0.5, 0.6) is 0 Å². The van der Waals surface area contributed by atoms with Crippen LogP contribution in [-0.4, -0.2) is 9.97 Å². The average molecular weight is 741 g/mol. The van der Waals surface area contributed by atoms with Gasteiger partial charge < -0.3 is 0 Å². The number of hydrogen-bond acceptors (Lipinski definition) is 2. The Hall–Kier alpha value is -7.16. The van der Waals surface area contributed by atoms with Crippen LogP contribution in [0.4, 0.5) is 0 Å². The van der Waals surface area contributed by atoms with Crippen molar-refractivity contribution in [3.05, 3.63) is 228 Å². The second-order valence-corrected chi connectivity index (χ2v) is 15.6. The van der Waals surface area contributed by atoms with Crippen molar-refractivity contribution in [1.29, 1.82) is 0 Å². The molecule has 0 aliphatic heterocycles. The van der Waals surface area contributed by atoms with Crippen LogP contribution in [0.3, 0.4) is 0 Å². The summed E-state index contributed by atoms with van der Waals surface area (Å²) in [4.78, 5) is 10.1. The Morgan fingerprint density at radius 2 is 1.09 bits per heavy atom. The lowest BCUT2D eigenvalue weighted by Crippen LogP contribution is -2.10. The van der Waals surface area contributed by atoms with E-state index in [1.165, 1.54) is 66.1 Å². The van der Waals surface area contributed by atoms with Gasteiger partial charge in [0.05, 0.1) is 11.4 Å². The topological polar surface area (TPSA) is 25.8 Å². The van der Waals surface area contributed by atoms with E-state index in [1.807, 2.05) is 24.3 Å². The molecule has 1 heterocycles. The Kier molecular flexibility index (Phi) is 8.47. The van der Waals surface area contributed by atoms with Crippen molar-refractivity contribution in [2.75, 3.05) is 0 Å². The molecule has 8 aromatic rings. The number of aromatic nitrogens is 2. The van der Waals surface area contributed by atoms with Crippen molar-refractivity contribution >= 4 is 33.2 Å². The van der Waals surface area contributed by atoms with Gasteiger partial charge in [0.25, 0.3) is 0 Å². The molecule has 0 fully saturated rings. The average Bonchev–Trinajstić information content (AvgIpc) is 3.30. The molecule has 274 valence electrons. The highest BCUT2D eigenvalue weighted by atomic mass is 14.9. The number of hydrogen-bond donors (Lipinski definition) is 0. The van der Waals surface area contributed by atoms with E-state index in [9.17, 15) is 0 Å². The fraction of sp³-hybridized carbons (Fsp3) is 0.0714. The molecule has 3 aliphatic carbocycles. The Labute approximate surface area is 339 Å². The van der Waals surface area contributed by atoms with E-state index in [1.54, 1.807) is 0 Å². The number of fused-ring (bicyclic) bond motifs is 4. The van der Waals surface area contributed by atoms with Gasteiger partial charge in [-0.05, 0) is 91.0 Å². The van der Waals surface area contributed by atoms with Crippen LogP contribution < -0.4 is 0 Å². The van der Waals surface area contributed by atoms with Gasteiger partial charge in [-0.25, -0.2) is 9.97 Å². The number of benzene rings is 7. The van der Waals surface area contributed by atoms with Gasteiger partial charge in [-0.3, -0.25) is 0 Å². The van der Waals surface area contributed by atoms with Gasteiger partial charge in [0.1, 0.15) is 0 Å². The maximum Gasteiger partial charge on any atom is 0.160 e. The lowest BCUT2D eigenvalue weighted by Gasteiger charge is -2.28. The fourth-order valence-corrected chi connectivity index (χ4v) is 9.30. The van der Waals surface area contributed by atoms with Crippen LogP contribution in [0.25, 0.3) is 78.2 Å². The molecule has 58 heavy (non-hydrogen) atoms. The van der Waals surface area contributed by atoms with E-state index in [-0.39, 0.29) is 5.92 Å². The highest BCUT2D eigenvalue weighted by Crippen LogP contribution is 2.46. The number of rotatable bonds is 6. The minimum Gasteiger partial charge on any atom is -0.228 e. The highest BCUT2D eigenvalue weighted by molar-refractivity contribution is 6.13. The molecule has 3 aliphatic rings. The Balaban J connectivity index is 1.06. The molecule has 2 atom stereocenters. The number of allylic oxidation sites excluding steroid dienone is 9. The standard InChI is InChI=1S/C56H40N2/c1-3-15-40(16-4-1)52-36-53(58-56(57-52)42-17-5-2-6-18-42)41-27-23-39(24-28-41)45-31-32-50-51(35-45)55(47-30-26-38-14-8-10-20-44(38)34-47)49-22-12-11-21-48(49)54(50)46-29-25-37-13-7-9-19-43(37)33-46/h1-32,35-36,44,46H,33-34H2. The predicted octanol–water partition coefficient (Wildman–Crippen LogP) is 14.3. The first-order valence-corrected chi connectivity index (χ1v) is 20.3. The van der Waals surface area contributed by atoms with Gasteiger partial charge in [0.2, 0.25) is 0 Å². The first-order valence-electron chi connectivity index (χ1n) is 20.3. The summed E-state index contributed by atoms with van der Waals surface area (Å²) in [5.74, 6) is 1.38. The van der Waals surface area contributed by atoms with E-state index >= 15 is 0 Å². The second-order valence-electron chi connectivity index (χ2n) is 15.6. The molecular weight excluding hydrogens is 701 g/mol. The largest absolute Gasteiger partial charge is 0.228 e. The van der Waals surface area contributed by atoms with Crippen molar-refractivity contribution in [3.8, 4) is 45.0 Å².